The molecule has 2 rings (SSSR count). The van der Waals surface area contributed by atoms with Crippen LogP contribution in [0.5, 0.6) is 5.75 Å². The Morgan fingerprint density at radius 1 is 0.943 bits per heavy atom. The van der Waals surface area contributed by atoms with E-state index < -0.39 is 35.8 Å². The van der Waals surface area contributed by atoms with Crippen molar-refractivity contribution in [2.24, 2.45) is 0 Å². The number of benzene rings is 2. The number of ether oxygens (including phenoxy) is 2. The molecule has 0 radical (unpaired) electrons. The second-order valence-corrected chi connectivity index (χ2v) is 8.11. The number of phenols is 1. The van der Waals surface area contributed by atoms with Gasteiger partial charge in [0.15, 0.2) is 0 Å². The maximum atomic E-state index is 13.7. The molecule has 196 valence electrons. The third kappa shape index (κ3) is 10.1. The quantitative estimate of drug-likeness (QED) is 0.200. The molecule has 0 spiro atoms. The van der Waals surface area contributed by atoms with Gasteiger partial charge in [-0.1, -0.05) is 25.0 Å². The van der Waals surface area contributed by atoms with E-state index >= 15 is 0 Å². The summed E-state index contributed by atoms with van der Waals surface area (Å²) in [6.45, 7) is 1.10. The third-order valence-electron chi connectivity index (χ3n) is 5.43. The number of aliphatic hydroxyl groups excluding tert-OH is 2. The number of rotatable bonds is 16. The van der Waals surface area contributed by atoms with Crippen LogP contribution in [0.25, 0.3) is 0 Å². The standard InChI is InChI=1S/C25H33F4NO5/c26-22-7-5-6-21(25(27,28)29)20(22)17-35-13-12-34-11-4-2-1-3-10-30-15-24(33)18-8-9-23(32)19(14-18)16-31/h5-9,14,24,30-33H,1-4,10-13,15-17H2. The van der Waals surface area contributed by atoms with Gasteiger partial charge >= 0.3 is 6.18 Å². The average Bonchev–Trinajstić information content (AvgIpc) is 2.82. The van der Waals surface area contributed by atoms with Crippen molar-refractivity contribution >= 4 is 0 Å². The Hall–Kier alpha value is -2.24. The molecule has 0 fully saturated rings. The Kier molecular flexibility index (Phi) is 12.4. The predicted molar refractivity (Wildman–Crippen MR) is 122 cm³/mol. The van der Waals surface area contributed by atoms with Gasteiger partial charge in [0, 0.05) is 24.3 Å². The van der Waals surface area contributed by atoms with Crippen LogP contribution in [-0.4, -0.2) is 48.2 Å². The zero-order valence-corrected chi connectivity index (χ0v) is 19.5. The minimum absolute atomic E-state index is 0.00462. The lowest BCUT2D eigenvalue weighted by molar-refractivity contribution is -0.139. The fourth-order valence-electron chi connectivity index (χ4n) is 3.47. The summed E-state index contributed by atoms with van der Waals surface area (Å²) in [6, 6.07) is 7.48. The molecule has 0 aliphatic rings. The Morgan fingerprint density at radius 3 is 2.43 bits per heavy atom. The van der Waals surface area contributed by atoms with E-state index in [0.717, 1.165) is 50.4 Å². The fraction of sp³-hybridized carbons (Fsp3) is 0.520. The van der Waals surface area contributed by atoms with E-state index in [2.05, 4.69) is 5.32 Å². The molecule has 0 saturated carbocycles. The van der Waals surface area contributed by atoms with Gasteiger partial charge in [0.1, 0.15) is 11.6 Å². The Bertz CT molecular complexity index is 895. The van der Waals surface area contributed by atoms with Crippen LogP contribution in [-0.2, 0) is 28.9 Å². The molecule has 0 aliphatic carbocycles. The molecule has 1 atom stereocenters. The highest BCUT2D eigenvalue weighted by Gasteiger charge is 2.34. The molecular weight excluding hydrogens is 470 g/mol. The van der Waals surface area contributed by atoms with E-state index in [9.17, 15) is 32.9 Å². The van der Waals surface area contributed by atoms with Gasteiger partial charge in [-0.25, -0.2) is 4.39 Å². The largest absolute Gasteiger partial charge is 0.508 e. The zero-order chi connectivity index (χ0) is 25.7. The number of alkyl halides is 3. The van der Waals surface area contributed by atoms with Crippen LogP contribution in [0, 0.1) is 5.82 Å². The summed E-state index contributed by atoms with van der Waals surface area (Å²) < 4.78 is 63.1. The molecule has 4 N–H and O–H groups in total. The van der Waals surface area contributed by atoms with E-state index in [1.807, 2.05) is 0 Å². The van der Waals surface area contributed by atoms with Crippen LogP contribution < -0.4 is 5.32 Å². The van der Waals surface area contributed by atoms with Crippen molar-refractivity contribution in [3.8, 4) is 5.75 Å². The summed E-state index contributed by atoms with van der Waals surface area (Å²) in [5.74, 6) is -0.948. The first-order valence-electron chi connectivity index (χ1n) is 11.6. The lowest BCUT2D eigenvalue weighted by Crippen LogP contribution is -2.22. The molecule has 2 aromatic carbocycles. The van der Waals surface area contributed by atoms with E-state index in [0.29, 0.717) is 24.3 Å². The molecule has 10 heteroatoms. The minimum Gasteiger partial charge on any atom is -0.508 e. The van der Waals surface area contributed by atoms with Gasteiger partial charge in [0.05, 0.1) is 38.1 Å². The van der Waals surface area contributed by atoms with Crippen molar-refractivity contribution in [2.75, 3.05) is 32.9 Å². The van der Waals surface area contributed by atoms with Crippen LogP contribution in [0.15, 0.2) is 36.4 Å². The molecule has 0 aromatic heterocycles. The third-order valence-corrected chi connectivity index (χ3v) is 5.43. The van der Waals surface area contributed by atoms with Crippen molar-refractivity contribution in [3.05, 3.63) is 64.5 Å². The summed E-state index contributed by atoms with van der Waals surface area (Å²) in [5, 5.41) is 32.1. The number of nitrogens with one attached hydrogen (secondary N) is 1. The summed E-state index contributed by atoms with van der Waals surface area (Å²) in [5.41, 5.74) is -0.538. The Balaban J connectivity index is 1.47. The summed E-state index contributed by atoms with van der Waals surface area (Å²) in [6.07, 6.45) is -1.74. The maximum absolute atomic E-state index is 13.7. The topological polar surface area (TPSA) is 91.2 Å². The average molecular weight is 504 g/mol. The number of hydrogen-bond donors (Lipinski definition) is 4. The molecule has 2 aromatic rings. The van der Waals surface area contributed by atoms with Crippen LogP contribution in [0.3, 0.4) is 0 Å². The lowest BCUT2D eigenvalue weighted by atomic mass is 10.1. The molecule has 1 unspecified atom stereocenters. The Morgan fingerprint density at radius 2 is 1.69 bits per heavy atom. The van der Waals surface area contributed by atoms with Crippen molar-refractivity contribution in [3.63, 3.8) is 0 Å². The fourth-order valence-corrected chi connectivity index (χ4v) is 3.47. The molecule has 0 amide bonds. The maximum Gasteiger partial charge on any atom is 0.416 e. The van der Waals surface area contributed by atoms with Crippen LogP contribution >= 0.6 is 0 Å². The number of halogens is 4. The summed E-state index contributed by atoms with van der Waals surface area (Å²) in [7, 11) is 0. The normalized spacial score (nSPS) is 12.7. The molecular formula is C25H33F4NO5. The van der Waals surface area contributed by atoms with Gasteiger partial charge in [0.25, 0.3) is 0 Å². The first-order valence-corrected chi connectivity index (χ1v) is 11.6. The lowest BCUT2D eigenvalue weighted by Gasteiger charge is -2.14. The number of hydrogen-bond acceptors (Lipinski definition) is 6. The van der Waals surface area contributed by atoms with Gasteiger partial charge < -0.3 is 30.1 Å². The monoisotopic (exact) mass is 503 g/mol. The van der Waals surface area contributed by atoms with Crippen LogP contribution in [0.1, 0.15) is 54.0 Å². The first kappa shape index (κ1) is 29.0. The van der Waals surface area contributed by atoms with Crippen molar-refractivity contribution in [1.29, 1.82) is 0 Å². The molecule has 0 heterocycles. The minimum atomic E-state index is -4.64. The highest BCUT2D eigenvalue weighted by atomic mass is 19.4. The van der Waals surface area contributed by atoms with Gasteiger partial charge in [-0.2, -0.15) is 13.2 Å². The van der Waals surface area contributed by atoms with Crippen molar-refractivity contribution in [1.82, 2.24) is 5.32 Å². The van der Waals surface area contributed by atoms with Crippen LogP contribution in [0.4, 0.5) is 17.6 Å². The smallest absolute Gasteiger partial charge is 0.416 e. The van der Waals surface area contributed by atoms with Crippen LogP contribution in [0.2, 0.25) is 0 Å². The first-order chi connectivity index (χ1) is 16.7. The highest BCUT2D eigenvalue weighted by Crippen LogP contribution is 2.33. The van der Waals surface area contributed by atoms with Gasteiger partial charge in [-0.3, -0.25) is 0 Å². The molecule has 35 heavy (non-hydrogen) atoms. The molecule has 0 aliphatic heterocycles. The second-order valence-electron chi connectivity index (χ2n) is 8.11. The van der Waals surface area contributed by atoms with Gasteiger partial charge in [-0.05, 0) is 49.2 Å². The number of aliphatic hydroxyl groups is 2. The summed E-state index contributed by atoms with van der Waals surface area (Å²) in [4.78, 5) is 0. The molecule has 0 bridgehead atoms. The summed E-state index contributed by atoms with van der Waals surface area (Å²) >= 11 is 0. The van der Waals surface area contributed by atoms with E-state index in [1.165, 1.54) is 6.07 Å². The number of aromatic hydroxyl groups is 1. The van der Waals surface area contributed by atoms with E-state index in [4.69, 9.17) is 9.47 Å². The number of unbranched alkanes of at least 4 members (excludes halogenated alkanes) is 3. The predicted octanol–water partition coefficient (Wildman–Crippen LogP) is 4.46. The SMILES string of the molecule is OCc1cc(C(O)CNCCCCCCOCCOCc2c(F)cccc2C(F)(F)F)ccc1O. The van der Waals surface area contributed by atoms with Crippen molar-refractivity contribution in [2.45, 2.75) is 51.2 Å². The zero-order valence-electron chi connectivity index (χ0n) is 19.5. The van der Waals surface area contributed by atoms with E-state index in [1.54, 1.807) is 12.1 Å². The van der Waals surface area contributed by atoms with Gasteiger partial charge in [-0.15, -0.1) is 0 Å². The van der Waals surface area contributed by atoms with Crippen molar-refractivity contribution < 1.29 is 42.4 Å². The van der Waals surface area contributed by atoms with Gasteiger partial charge in [0.2, 0.25) is 0 Å². The molecule has 6 nitrogen and oxygen atoms in total. The Labute approximate surface area is 202 Å². The second kappa shape index (κ2) is 15.0. The highest BCUT2D eigenvalue weighted by molar-refractivity contribution is 5.36. The molecule has 0 saturated heterocycles. The van der Waals surface area contributed by atoms with E-state index in [-0.39, 0.29) is 25.6 Å².